The Balaban J connectivity index is 1.61. The number of pyridine rings is 1. The summed E-state index contributed by atoms with van der Waals surface area (Å²) in [6.45, 7) is 5.39. The maximum atomic E-state index is 14.0. The molecule has 0 spiro atoms. The average molecular weight is 464 g/mol. The number of nitrogens with one attached hydrogen (secondary N) is 1. The van der Waals surface area contributed by atoms with Crippen molar-refractivity contribution in [2.45, 2.75) is 19.4 Å². The normalized spacial score (nSPS) is 14.5. The van der Waals surface area contributed by atoms with E-state index in [4.69, 9.17) is 14.2 Å². The molecule has 1 amide bonds. The van der Waals surface area contributed by atoms with Gasteiger partial charge in [-0.3, -0.25) is 10.1 Å². The molecule has 1 N–H and O–H groups in total. The number of fused-ring (bicyclic) bond motifs is 1. The summed E-state index contributed by atoms with van der Waals surface area (Å²) in [5, 5.41) is 2.97. The lowest BCUT2D eigenvalue weighted by Crippen LogP contribution is -2.43. The summed E-state index contributed by atoms with van der Waals surface area (Å²) >= 11 is 1.23. The van der Waals surface area contributed by atoms with E-state index >= 15 is 0 Å². The summed E-state index contributed by atoms with van der Waals surface area (Å²) in [4.78, 5) is 24.0. The Morgan fingerprint density at radius 2 is 1.94 bits per heavy atom. The van der Waals surface area contributed by atoms with Crippen LogP contribution in [0.4, 0.5) is 19.7 Å². The van der Waals surface area contributed by atoms with Crippen LogP contribution < -0.4 is 19.7 Å². The summed E-state index contributed by atoms with van der Waals surface area (Å²) in [6, 6.07) is 3.35. The van der Waals surface area contributed by atoms with E-state index in [2.05, 4.69) is 20.2 Å². The molecule has 0 saturated carbocycles. The van der Waals surface area contributed by atoms with E-state index in [-0.39, 0.29) is 5.13 Å². The van der Waals surface area contributed by atoms with Gasteiger partial charge in [0.25, 0.3) is 5.91 Å². The van der Waals surface area contributed by atoms with Crippen LogP contribution in [-0.2, 0) is 9.53 Å². The molecule has 170 valence electrons. The number of hydrogen-bond acceptors (Lipinski definition) is 8. The second-order valence-electron chi connectivity index (χ2n) is 7.56. The van der Waals surface area contributed by atoms with E-state index in [0.29, 0.717) is 37.6 Å². The first-order valence-corrected chi connectivity index (χ1v) is 10.7. The van der Waals surface area contributed by atoms with Crippen molar-refractivity contribution >= 4 is 38.4 Å². The predicted octanol–water partition coefficient (Wildman–Crippen LogP) is 3.61. The first kappa shape index (κ1) is 22.2. The largest absolute Gasteiger partial charge is 0.493 e. The van der Waals surface area contributed by atoms with Crippen molar-refractivity contribution in [2.75, 3.05) is 43.6 Å². The Hall–Kier alpha value is -3.05. The van der Waals surface area contributed by atoms with Crippen LogP contribution in [0.25, 0.3) is 10.2 Å². The topological polar surface area (TPSA) is 85.8 Å². The van der Waals surface area contributed by atoms with E-state index in [1.54, 1.807) is 6.20 Å². The molecule has 3 aromatic rings. The van der Waals surface area contributed by atoms with Crippen molar-refractivity contribution in [2.24, 2.45) is 0 Å². The van der Waals surface area contributed by atoms with Crippen LogP contribution in [0.3, 0.4) is 0 Å². The fourth-order valence-electron chi connectivity index (χ4n) is 3.21. The van der Waals surface area contributed by atoms with Gasteiger partial charge in [-0.1, -0.05) is 17.4 Å². The molecular formula is C21H22F2N4O4S. The van der Waals surface area contributed by atoms with Gasteiger partial charge in [-0.05, 0) is 26.0 Å². The number of aromatic nitrogens is 2. The zero-order valence-electron chi connectivity index (χ0n) is 17.8. The van der Waals surface area contributed by atoms with Crippen molar-refractivity contribution < 1.29 is 27.8 Å². The quantitative estimate of drug-likeness (QED) is 0.597. The molecule has 1 aliphatic heterocycles. The van der Waals surface area contributed by atoms with Crippen molar-refractivity contribution in [3.63, 3.8) is 0 Å². The summed E-state index contributed by atoms with van der Waals surface area (Å²) in [7, 11) is 1.52. The average Bonchev–Trinajstić information content (AvgIpc) is 3.20. The highest BCUT2D eigenvalue weighted by atomic mass is 32.1. The van der Waals surface area contributed by atoms with E-state index in [1.807, 2.05) is 0 Å². The molecule has 1 saturated heterocycles. The highest BCUT2D eigenvalue weighted by Gasteiger charge is 2.33. The number of thiazole rings is 1. The van der Waals surface area contributed by atoms with Gasteiger partial charge in [-0.2, -0.15) is 0 Å². The number of morpholine rings is 1. The van der Waals surface area contributed by atoms with Crippen LogP contribution in [0, 0.1) is 11.6 Å². The number of para-hydroxylation sites is 1. The number of hydrogen-bond donors (Lipinski definition) is 1. The zero-order chi connectivity index (χ0) is 22.9. The number of amides is 1. The lowest BCUT2D eigenvalue weighted by Gasteiger charge is -2.28. The molecule has 3 heterocycles. The van der Waals surface area contributed by atoms with Gasteiger partial charge in [0.2, 0.25) is 0 Å². The number of carbonyl (C=O) groups is 1. The first-order valence-electron chi connectivity index (χ1n) is 9.91. The Kier molecular flexibility index (Phi) is 6.11. The molecule has 0 radical (unpaired) electrons. The summed E-state index contributed by atoms with van der Waals surface area (Å²) in [6.07, 6.45) is 1.59. The first-order chi connectivity index (χ1) is 15.3. The van der Waals surface area contributed by atoms with Crippen molar-refractivity contribution in [1.82, 2.24) is 9.97 Å². The lowest BCUT2D eigenvalue weighted by molar-refractivity contribution is -0.128. The maximum absolute atomic E-state index is 14.0. The smallest absolute Gasteiger partial charge is 0.269 e. The van der Waals surface area contributed by atoms with Gasteiger partial charge >= 0.3 is 0 Å². The van der Waals surface area contributed by atoms with Gasteiger partial charge in [-0.15, -0.1) is 0 Å². The van der Waals surface area contributed by atoms with Gasteiger partial charge < -0.3 is 19.1 Å². The molecule has 0 bridgehead atoms. The fourth-order valence-corrected chi connectivity index (χ4v) is 4.20. The molecule has 11 heteroatoms. The monoisotopic (exact) mass is 464 g/mol. The molecule has 8 nitrogen and oxygen atoms in total. The molecule has 1 aliphatic rings. The molecule has 32 heavy (non-hydrogen) atoms. The molecule has 0 unspecified atom stereocenters. The van der Waals surface area contributed by atoms with Crippen LogP contribution in [0.15, 0.2) is 24.4 Å². The summed E-state index contributed by atoms with van der Waals surface area (Å²) in [5.41, 5.74) is -1.01. The minimum atomic E-state index is -1.57. The van der Waals surface area contributed by atoms with Crippen LogP contribution in [0.2, 0.25) is 0 Å². The SMILES string of the molecule is COc1cnc(N2CCOCC2)c2sc(NC(=O)C(C)(C)Oc3c(F)cccc3F)nc12. The van der Waals surface area contributed by atoms with Gasteiger partial charge in [0.05, 0.1) is 26.5 Å². The fraction of sp³-hybridized carbons (Fsp3) is 0.381. The summed E-state index contributed by atoms with van der Waals surface area (Å²) in [5.74, 6) is -1.81. The second-order valence-corrected chi connectivity index (χ2v) is 8.56. The third-order valence-electron chi connectivity index (χ3n) is 4.94. The Morgan fingerprint density at radius 1 is 1.25 bits per heavy atom. The number of methoxy groups -OCH3 is 1. The predicted molar refractivity (Wildman–Crippen MR) is 117 cm³/mol. The van der Waals surface area contributed by atoms with Crippen LogP contribution in [0.5, 0.6) is 11.5 Å². The number of halogens is 2. The molecule has 1 fully saturated rings. The second kappa shape index (κ2) is 8.83. The van der Waals surface area contributed by atoms with Crippen molar-refractivity contribution in [3.8, 4) is 11.5 Å². The molecule has 1 aromatic carbocycles. The standard InChI is InChI=1S/C21H22F2N4O4S/c1-21(2,31-16-12(22)5-4-6-13(16)23)19(28)26-20-25-15-14(29-3)11-24-18(17(15)32-20)27-7-9-30-10-8-27/h4-6,11H,7-10H2,1-3H3,(H,25,26,28). The van der Waals surface area contributed by atoms with Gasteiger partial charge in [0, 0.05) is 13.1 Å². The van der Waals surface area contributed by atoms with Crippen molar-refractivity contribution in [3.05, 3.63) is 36.0 Å². The Morgan fingerprint density at radius 3 is 2.59 bits per heavy atom. The number of anilines is 2. The van der Waals surface area contributed by atoms with Gasteiger partial charge in [0.1, 0.15) is 16.0 Å². The number of carbonyl (C=O) groups excluding carboxylic acids is 1. The molecule has 0 atom stereocenters. The molecule has 0 aliphatic carbocycles. The number of ether oxygens (including phenoxy) is 3. The molecular weight excluding hydrogens is 442 g/mol. The van der Waals surface area contributed by atoms with Gasteiger partial charge in [-0.25, -0.2) is 18.7 Å². The zero-order valence-corrected chi connectivity index (χ0v) is 18.6. The van der Waals surface area contributed by atoms with E-state index in [9.17, 15) is 13.6 Å². The highest BCUT2D eigenvalue weighted by molar-refractivity contribution is 7.23. The maximum Gasteiger partial charge on any atom is 0.269 e. The molecule has 2 aromatic heterocycles. The van der Waals surface area contributed by atoms with E-state index in [1.165, 1.54) is 38.4 Å². The summed E-state index contributed by atoms with van der Waals surface area (Å²) < 4.78 is 44.9. The Labute approximate surface area is 187 Å². The molecule has 4 rings (SSSR count). The lowest BCUT2D eigenvalue weighted by atomic mass is 10.1. The van der Waals surface area contributed by atoms with Crippen LogP contribution in [-0.4, -0.2) is 54.9 Å². The van der Waals surface area contributed by atoms with Crippen LogP contribution >= 0.6 is 11.3 Å². The van der Waals surface area contributed by atoms with Crippen molar-refractivity contribution in [1.29, 1.82) is 0 Å². The Bertz CT molecular complexity index is 1130. The highest BCUT2D eigenvalue weighted by Crippen LogP contribution is 2.38. The number of benzene rings is 1. The van der Waals surface area contributed by atoms with E-state index in [0.717, 1.165) is 22.7 Å². The third-order valence-corrected chi connectivity index (χ3v) is 5.91. The van der Waals surface area contributed by atoms with Gasteiger partial charge in [0.15, 0.2) is 33.9 Å². The number of rotatable bonds is 6. The van der Waals surface area contributed by atoms with Crippen LogP contribution in [0.1, 0.15) is 13.8 Å². The minimum absolute atomic E-state index is 0.288. The van der Waals surface area contributed by atoms with E-state index < -0.39 is 28.9 Å². The third kappa shape index (κ3) is 4.30. The number of nitrogens with zero attached hydrogens (tertiary/aromatic N) is 3. The minimum Gasteiger partial charge on any atom is -0.493 e.